The zero-order valence-corrected chi connectivity index (χ0v) is 13.3. The highest BCUT2D eigenvalue weighted by Crippen LogP contribution is 2.19. The first-order valence-electron chi connectivity index (χ1n) is 8.29. The van der Waals surface area contributed by atoms with Gasteiger partial charge in [0.05, 0.1) is 12.8 Å². The highest BCUT2D eigenvalue weighted by atomic mass is 16.5. The summed E-state index contributed by atoms with van der Waals surface area (Å²) in [5.74, 6) is 1.94. The fourth-order valence-corrected chi connectivity index (χ4v) is 2.82. The highest BCUT2D eigenvalue weighted by molar-refractivity contribution is 5.89. The Kier molecular flexibility index (Phi) is 5.42. The van der Waals surface area contributed by atoms with E-state index >= 15 is 0 Å². The predicted molar refractivity (Wildman–Crippen MR) is 89.1 cm³/mol. The van der Waals surface area contributed by atoms with Crippen LogP contribution >= 0.6 is 0 Å². The van der Waals surface area contributed by atoms with Crippen molar-refractivity contribution in [1.29, 1.82) is 0 Å². The Hall–Kier alpha value is -2.14. The van der Waals surface area contributed by atoms with Gasteiger partial charge < -0.3 is 14.6 Å². The summed E-state index contributed by atoms with van der Waals surface area (Å²) in [6, 6.07) is 10.1. The van der Waals surface area contributed by atoms with Crippen LogP contribution < -0.4 is 5.32 Å². The Morgan fingerprint density at radius 2 is 2.13 bits per heavy atom. The number of carbonyl (C=O) groups is 1. The maximum atomic E-state index is 12.0. The van der Waals surface area contributed by atoms with Gasteiger partial charge in [-0.2, -0.15) is 0 Å². The van der Waals surface area contributed by atoms with Crippen LogP contribution in [0, 0.1) is 0 Å². The first kappa shape index (κ1) is 15.7. The Bertz CT molecular complexity index is 637. The molecule has 1 N–H and O–H groups in total. The van der Waals surface area contributed by atoms with Crippen LogP contribution in [0.3, 0.4) is 0 Å². The van der Waals surface area contributed by atoms with Crippen molar-refractivity contribution < 1.29 is 9.53 Å². The lowest BCUT2D eigenvalue weighted by Gasteiger charge is -2.16. The summed E-state index contributed by atoms with van der Waals surface area (Å²) < 4.78 is 7.72. The molecule has 3 rings (SSSR count). The summed E-state index contributed by atoms with van der Waals surface area (Å²) in [7, 11) is 0. The van der Waals surface area contributed by atoms with E-state index in [-0.39, 0.29) is 5.91 Å². The zero-order chi connectivity index (χ0) is 15.9. The second-order valence-electron chi connectivity index (χ2n) is 5.86. The van der Waals surface area contributed by atoms with E-state index in [1.54, 1.807) is 6.20 Å². The molecule has 5 heteroatoms. The standard InChI is InChI=1S/C18H23N3O2/c22-18(10-6-12-23-14-15-7-2-1-3-8-15)20-17-13-19-16-9-4-5-11-21(16)17/h1-3,7-8,13H,4-6,9-12,14H2,(H,20,22). The van der Waals surface area contributed by atoms with Gasteiger partial charge in [0.15, 0.2) is 0 Å². The number of nitrogens with zero attached hydrogens (tertiary/aromatic N) is 2. The minimum absolute atomic E-state index is 0.0292. The van der Waals surface area contributed by atoms with Gasteiger partial charge in [-0.15, -0.1) is 0 Å². The van der Waals surface area contributed by atoms with Crippen LogP contribution in [0.15, 0.2) is 36.5 Å². The SMILES string of the molecule is O=C(CCCOCc1ccccc1)Nc1cnc2n1CCCC2. The molecule has 23 heavy (non-hydrogen) atoms. The molecule has 0 atom stereocenters. The topological polar surface area (TPSA) is 56.1 Å². The van der Waals surface area contributed by atoms with Crippen LogP contribution in [-0.4, -0.2) is 22.1 Å². The number of ether oxygens (including phenoxy) is 1. The molecule has 0 aliphatic carbocycles. The number of imidazole rings is 1. The molecule has 1 amide bonds. The van der Waals surface area contributed by atoms with Crippen molar-refractivity contribution in [3.05, 3.63) is 47.9 Å². The number of benzene rings is 1. The van der Waals surface area contributed by atoms with Gasteiger partial charge in [0.25, 0.3) is 0 Å². The normalized spacial score (nSPS) is 13.6. The predicted octanol–water partition coefficient (Wildman–Crippen LogP) is 3.15. The van der Waals surface area contributed by atoms with Gasteiger partial charge in [-0.3, -0.25) is 4.79 Å². The summed E-state index contributed by atoms with van der Waals surface area (Å²) >= 11 is 0. The summed E-state index contributed by atoms with van der Waals surface area (Å²) in [4.78, 5) is 16.4. The number of nitrogens with one attached hydrogen (secondary N) is 1. The van der Waals surface area contributed by atoms with Gasteiger partial charge in [0.1, 0.15) is 11.6 Å². The Labute approximate surface area is 136 Å². The van der Waals surface area contributed by atoms with Crippen LogP contribution in [-0.2, 0) is 29.1 Å². The fraction of sp³-hybridized carbons (Fsp3) is 0.444. The van der Waals surface area contributed by atoms with Crippen molar-refractivity contribution in [3.63, 3.8) is 0 Å². The smallest absolute Gasteiger partial charge is 0.225 e. The molecule has 2 heterocycles. The number of amides is 1. The van der Waals surface area contributed by atoms with E-state index in [4.69, 9.17) is 4.74 Å². The van der Waals surface area contributed by atoms with Gasteiger partial charge in [-0.05, 0) is 24.8 Å². The lowest BCUT2D eigenvalue weighted by molar-refractivity contribution is -0.116. The van der Waals surface area contributed by atoms with Crippen molar-refractivity contribution in [3.8, 4) is 0 Å². The van der Waals surface area contributed by atoms with Crippen molar-refractivity contribution in [2.45, 2.75) is 45.3 Å². The van der Waals surface area contributed by atoms with Crippen molar-refractivity contribution in [2.24, 2.45) is 0 Å². The first-order valence-corrected chi connectivity index (χ1v) is 8.29. The maximum Gasteiger partial charge on any atom is 0.225 e. The summed E-state index contributed by atoms with van der Waals surface area (Å²) in [6.07, 6.45) is 6.30. The van der Waals surface area contributed by atoms with Crippen LogP contribution in [0.4, 0.5) is 5.82 Å². The second kappa shape index (κ2) is 7.92. The van der Waals surface area contributed by atoms with E-state index in [0.29, 0.717) is 19.6 Å². The van der Waals surface area contributed by atoms with Gasteiger partial charge in [-0.25, -0.2) is 4.98 Å². The first-order chi connectivity index (χ1) is 11.3. The molecule has 0 unspecified atom stereocenters. The van der Waals surface area contributed by atoms with Crippen LogP contribution in [0.25, 0.3) is 0 Å². The summed E-state index contributed by atoms with van der Waals surface area (Å²) in [5.41, 5.74) is 1.16. The number of aromatic nitrogens is 2. The van der Waals surface area contributed by atoms with Crippen molar-refractivity contribution in [1.82, 2.24) is 9.55 Å². The van der Waals surface area contributed by atoms with Gasteiger partial charge in [0, 0.05) is 26.0 Å². The number of hydrogen-bond acceptors (Lipinski definition) is 3. The molecule has 0 saturated carbocycles. The van der Waals surface area contributed by atoms with Gasteiger partial charge >= 0.3 is 0 Å². The molecule has 0 fully saturated rings. The lowest BCUT2D eigenvalue weighted by Crippen LogP contribution is -2.18. The number of anilines is 1. The third kappa shape index (κ3) is 4.42. The van der Waals surface area contributed by atoms with Crippen LogP contribution in [0.5, 0.6) is 0 Å². The maximum absolute atomic E-state index is 12.0. The minimum atomic E-state index is 0.0292. The van der Waals surface area contributed by atoms with E-state index in [0.717, 1.165) is 43.0 Å². The van der Waals surface area contributed by atoms with Crippen molar-refractivity contribution >= 4 is 11.7 Å². The van der Waals surface area contributed by atoms with Gasteiger partial charge in [0.2, 0.25) is 5.91 Å². The molecule has 0 spiro atoms. The molecule has 122 valence electrons. The van der Waals surface area contributed by atoms with E-state index < -0.39 is 0 Å². The third-order valence-electron chi connectivity index (χ3n) is 4.04. The summed E-state index contributed by atoms with van der Waals surface area (Å²) in [6.45, 7) is 2.14. The molecule has 0 radical (unpaired) electrons. The molecule has 1 aliphatic rings. The number of fused-ring (bicyclic) bond motifs is 1. The molecule has 1 aliphatic heterocycles. The number of aryl methyl sites for hydroxylation is 1. The van der Waals surface area contributed by atoms with E-state index in [2.05, 4.69) is 14.9 Å². The van der Waals surface area contributed by atoms with Crippen LogP contribution in [0.1, 0.15) is 37.1 Å². The van der Waals surface area contributed by atoms with E-state index in [1.807, 2.05) is 30.3 Å². The Balaban J connectivity index is 1.36. The minimum Gasteiger partial charge on any atom is -0.377 e. The van der Waals surface area contributed by atoms with E-state index in [1.165, 1.54) is 6.42 Å². The summed E-state index contributed by atoms with van der Waals surface area (Å²) in [5, 5.41) is 2.96. The highest BCUT2D eigenvalue weighted by Gasteiger charge is 2.15. The molecule has 5 nitrogen and oxygen atoms in total. The average Bonchev–Trinajstić information content (AvgIpc) is 2.99. The molecular formula is C18H23N3O2. The lowest BCUT2D eigenvalue weighted by atomic mass is 10.2. The number of carbonyl (C=O) groups excluding carboxylic acids is 1. The largest absolute Gasteiger partial charge is 0.377 e. The second-order valence-corrected chi connectivity index (χ2v) is 5.86. The molecule has 0 saturated heterocycles. The molecular weight excluding hydrogens is 290 g/mol. The monoisotopic (exact) mass is 313 g/mol. The average molecular weight is 313 g/mol. The Morgan fingerprint density at radius 1 is 1.26 bits per heavy atom. The fourth-order valence-electron chi connectivity index (χ4n) is 2.82. The van der Waals surface area contributed by atoms with Crippen LogP contribution in [0.2, 0.25) is 0 Å². The molecule has 1 aromatic heterocycles. The number of rotatable bonds is 7. The molecule has 0 bridgehead atoms. The molecule has 1 aromatic carbocycles. The zero-order valence-electron chi connectivity index (χ0n) is 13.3. The Morgan fingerprint density at radius 3 is 3.00 bits per heavy atom. The quantitative estimate of drug-likeness (QED) is 0.799. The van der Waals surface area contributed by atoms with E-state index in [9.17, 15) is 4.79 Å². The van der Waals surface area contributed by atoms with Gasteiger partial charge in [-0.1, -0.05) is 30.3 Å². The van der Waals surface area contributed by atoms with Crippen molar-refractivity contribution in [2.75, 3.05) is 11.9 Å². The molecule has 2 aromatic rings. The number of hydrogen-bond donors (Lipinski definition) is 1. The third-order valence-corrected chi connectivity index (χ3v) is 4.04.